The standard InChI is InChI=1S/C22H29F3N4O4S/c1-15-4-6-16(7-5-15)34(32,33)29-11-9-26-20(31)17(29)12-19(30)27-18-8-10-28(13-21(18,2)3)14-22(23,24)25/h4-7,9,11,17-18H,8,10,12-14H2,1-3H3,(H,26,31)(H,27,30)/t17-,18?/m1/s1. The largest absolute Gasteiger partial charge is 0.401 e. The van der Waals surface area contributed by atoms with E-state index in [1.54, 1.807) is 26.0 Å². The zero-order valence-corrected chi connectivity index (χ0v) is 20.0. The fourth-order valence-corrected chi connectivity index (χ4v) is 5.77. The molecule has 12 heteroatoms. The zero-order chi connectivity index (χ0) is 25.3. The normalized spacial score (nSPS) is 23.5. The Kier molecular flexibility index (Phi) is 7.32. The Morgan fingerprint density at radius 2 is 1.88 bits per heavy atom. The molecule has 0 aromatic heterocycles. The summed E-state index contributed by atoms with van der Waals surface area (Å²) < 4.78 is 65.4. The van der Waals surface area contributed by atoms with E-state index >= 15 is 0 Å². The molecule has 34 heavy (non-hydrogen) atoms. The Morgan fingerprint density at radius 1 is 1.24 bits per heavy atom. The van der Waals surface area contributed by atoms with Crippen LogP contribution in [0.3, 0.4) is 0 Å². The van der Waals surface area contributed by atoms with E-state index in [1.165, 1.54) is 29.4 Å². The van der Waals surface area contributed by atoms with Crippen LogP contribution in [0.15, 0.2) is 41.6 Å². The molecule has 2 N–H and O–H groups in total. The maximum Gasteiger partial charge on any atom is 0.401 e. The lowest BCUT2D eigenvalue weighted by Crippen LogP contribution is -2.58. The number of nitrogens with one attached hydrogen (secondary N) is 2. The van der Waals surface area contributed by atoms with Gasteiger partial charge in [-0.25, -0.2) is 8.42 Å². The number of carbonyl (C=O) groups is 2. The maximum atomic E-state index is 13.1. The van der Waals surface area contributed by atoms with Crippen LogP contribution in [-0.2, 0) is 19.6 Å². The van der Waals surface area contributed by atoms with Crippen LogP contribution in [0.5, 0.6) is 0 Å². The van der Waals surface area contributed by atoms with Gasteiger partial charge in [0, 0.05) is 31.5 Å². The summed E-state index contributed by atoms with van der Waals surface area (Å²) in [4.78, 5) is 26.6. The number of alkyl halides is 3. The van der Waals surface area contributed by atoms with Crippen molar-refractivity contribution in [3.63, 3.8) is 0 Å². The van der Waals surface area contributed by atoms with Crippen LogP contribution in [0, 0.1) is 12.3 Å². The van der Waals surface area contributed by atoms with Gasteiger partial charge in [0.2, 0.25) is 11.8 Å². The number of hydrogen-bond donors (Lipinski definition) is 2. The Labute approximate surface area is 197 Å². The number of carbonyl (C=O) groups excluding carboxylic acids is 2. The first-order valence-electron chi connectivity index (χ1n) is 10.8. The fourth-order valence-electron chi connectivity index (χ4n) is 4.32. The minimum atomic E-state index is -4.31. The van der Waals surface area contributed by atoms with Crippen molar-refractivity contribution in [2.45, 2.75) is 56.8 Å². The lowest BCUT2D eigenvalue weighted by molar-refractivity contribution is -0.153. The van der Waals surface area contributed by atoms with Gasteiger partial charge in [-0.1, -0.05) is 31.5 Å². The number of halogens is 3. The second-order valence-corrected chi connectivity index (χ2v) is 11.3. The van der Waals surface area contributed by atoms with E-state index in [-0.39, 0.29) is 18.0 Å². The van der Waals surface area contributed by atoms with E-state index in [0.29, 0.717) is 6.42 Å². The quantitative estimate of drug-likeness (QED) is 0.621. The van der Waals surface area contributed by atoms with Crippen LogP contribution in [-0.4, -0.2) is 67.3 Å². The van der Waals surface area contributed by atoms with Gasteiger partial charge in [0.1, 0.15) is 6.04 Å². The van der Waals surface area contributed by atoms with Gasteiger partial charge in [-0.2, -0.15) is 13.2 Å². The van der Waals surface area contributed by atoms with Crippen LogP contribution in [0.1, 0.15) is 32.3 Å². The van der Waals surface area contributed by atoms with E-state index < -0.39 is 58.5 Å². The summed E-state index contributed by atoms with van der Waals surface area (Å²) in [7, 11) is -4.09. The molecular weight excluding hydrogens is 473 g/mol. The first kappa shape index (κ1) is 26.0. The van der Waals surface area contributed by atoms with E-state index in [1.807, 2.05) is 6.92 Å². The predicted molar refractivity (Wildman–Crippen MR) is 119 cm³/mol. The van der Waals surface area contributed by atoms with Crippen LogP contribution in [0.4, 0.5) is 13.2 Å². The van der Waals surface area contributed by atoms with Crippen molar-refractivity contribution in [3.05, 3.63) is 42.2 Å². The first-order chi connectivity index (χ1) is 15.7. The minimum absolute atomic E-state index is 0.0129. The summed E-state index contributed by atoms with van der Waals surface area (Å²) in [6.07, 6.45) is -2.03. The number of nitrogens with zero attached hydrogens (tertiary/aromatic N) is 2. The molecule has 188 valence electrons. The predicted octanol–water partition coefficient (Wildman–Crippen LogP) is 2.12. The number of likely N-dealkylation sites (tertiary alicyclic amines) is 1. The van der Waals surface area contributed by atoms with E-state index in [4.69, 9.17) is 0 Å². The highest BCUT2D eigenvalue weighted by molar-refractivity contribution is 7.89. The van der Waals surface area contributed by atoms with Crippen molar-refractivity contribution < 1.29 is 31.2 Å². The third-order valence-corrected chi connectivity index (χ3v) is 7.88. The molecule has 2 heterocycles. The van der Waals surface area contributed by atoms with Gasteiger partial charge in [-0.3, -0.25) is 18.8 Å². The number of rotatable bonds is 6. The van der Waals surface area contributed by atoms with Gasteiger partial charge in [-0.05, 0) is 30.9 Å². The molecule has 1 unspecified atom stereocenters. The molecule has 0 aliphatic carbocycles. The zero-order valence-electron chi connectivity index (χ0n) is 19.2. The van der Waals surface area contributed by atoms with Crippen LogP contribution >= 0.6 is 0 Å². The number of sulfonamides is 1. The highest BCUT2D eigenvalue weighted by Crippen LogP contribution is 2.31. The maximum absolute atomic E-state index is 13.1. The van der Waals surface area contributed by atoms with Crippen molar-refractivity contribution in [1.82, 2.24) is 19.8 Å². The van der Waals surface area contributed by atoms with Crippen molar-refractivity contribution in [2.75, 3.05) is 19.6 Å². The summed E-state index contributed by atoms with van der Waals surface area (Å²) in [5, 5.41) is 5.24. The molecule has 1 aromatic carbocycles. The molecule has 0 spiro atoms. The summed E-state index contributed by atoms with van der Waals surface area (Å²) in [6.45, 7) is 4.63. The third kappa shape index (κ3) is 6.09. The van der Waals surface area contributed by atoms with Gasteiger partial charge < -0.3 is 10.6 Å². The molecule has 1 aromatic rings. The second-order valence-electron chi connectivity index (χ2n) is 9.42. The summed E-state index contributed by atoms with van der Waals surface area (Å²) in [6, 6.07) is 4.41. The van der Waals surface area contributed by atoms with Crippen LogP contribution in [0.25, 0.3) is 0 Å². The summed E-state index contributed by atoms with van der Waals surface area (Å²) in [5.74, 6) is -1.20. The van der Waals surface area contributed by atoms with Gasteiger partial charge >= 0.3 is 6.18 Å². The van der Waals surface area contributed by atoms with Gasteiger partial charge in [0.25, 0.3) is 10.0 Å². The number of hydrogen-bond acceptors (Lipinski definition) is 5. The van der Waals surface area contributed by atoms with Crippen LogP contribution in [0.2, 0.25) is 0 Å². The highest BCUT2D eigenvalue weighted by atomic mass is 32.2. The average molecular weight is 503 g/mol. The number of amides is 2. The molecule has 2 aliphatic heterocycles. The van der Waals surface area contributed by atoms with Gasteiger partial charge in [0.05, 0.1) is 17.9 Å². The minimum Gasteiger partial charge on any atom is -0.353 e. The lowest BCUT2D eigenvalue weighted by Gasteiger charge is -2.44. The molecule has 0 bridgehead atoms. The molecular formula is C22H29F3N4O4S. The Bertz CT molecular complexity index is 1050. The number of benzene rings is 1. The molecule has 0 radical (unpaired) electrons. The Balaban J connectivity index is 1.71. The molecule has 2 atom stereocenters. The molecule has 1 fully saturated rings. The Morgan fingerprint density at radius 3 is 2.47 bits per heavy atom. The molecule has 2 aliphatic rings. The van der Waals surface area contributed by atoms with Crippen LogP contribution < -0.4 is 10.6 Å². The second kappa shape index (κ2) is 9.57. The summed E-state index contributed by atoms with van der Waals surface area (Å²) >= 11 is 0. The van der Waals surface area contributed by atoms with E-state index in [0.717, 1.165) is 9.87 Å². The molecule has 3 rings (SSSR count). The molecule has 8 nitrogen and oxygen atoms in total. The first-order valence-corrected chi connectivity index (χ1v) is 12.3. The number of piperidine rings is 1. The van der Waals surface area contributed by atoms with Crippen molar-refractivity contribution >= 4 is 21.8 Å². The monoisotopic (exact) mass is 502 g/mol. The SMILES string of the molecule is Cc1ccc(S(=O)(=O)N2C=CNC(=O)[C@H]2CC(=O)NC2CCN(CC(F)(F)F)CC2(C)C)cc1. The smallest absolute Gasteiger partial charge is 0.353 e. The lowest BCUT2D eigenvalue weighted by atomic mass is 9.79. The fraction of sp³-hybridized carbons (Fsp3) is 0.545. The van der Waals surface area contributed by atoms with E-state index in [9.17, 15) is 31.2 Å². The van der Waals surface area contributed by atoms with Gasteiger partial charge in [-0.15, -0.1) is 0 Å². The highest BCUT2D eigenvalue weighted by Gasteiger charge is 2.42. The van der Waals surface area contributed by atoms with Crippen molar-refractivity contribution in [2.24, 2.45) is 5.41 Å². The molecule has 1 saturated heterocycles. The van der Waals surface area contributed by atoms with Crippen molar-refractivity contribution in [1.29, 1.82) is 0 Å². The average Bonchev–Trinajstić information content (AvgIpc) is 2.70. The Hall–Kier alpha value is -2.60. The van der Waals surface area contributed by atoms with Crippen molar-refractivity contribution in [3.8, 4) is 0 Å². The topological polar surface area (TPSA) is 98.8 Å². The molecule has 2 amide bonds. The number of aryl methyl sites for hydroxylation is 1. The third-order valence-electron chi connectivity index (χ3n) is 6.08. The van der Waals surface area contributed by atoms with E-state index in [2.05, 4.69) is 10.6 Å². The summed E-state index contributed by atoms with van der Waals surface area (Å²) in [5.41, 5.74) is 0.215. The van der Waals surface area contributed by atoms with Gasteiger partial charge in [0.15, 0.2) is 0 Å². The molecule has 0 saturated carbocycles.